The minimum absolute atomic E-state index is 0.276. The number of phenols is 1. The van der Waals surface area contributed by atoms with Crippen LogP contribution in [0.5, 0.6) is 5.75 Å². The van der Waals surface area contributed by atoms with Crippen LogP contribution in [-0.4, -0.2) is 12.3 Å². The van der Waals surface area contributed by atoms with E-state index < -0.39 is 0 Å². The normalized spacial score (nSPS) is 13.1. The second-order valence-electron chi connectivity index (χ2n) is 5.97. The first-order valence-electron chi connectivity index (χ1n) is 8.17. The predicted molar refractivity (Wildman–Crippen MR) is 100 cm³/mol. The smallest absolute Gasteiger partial charge is 0.115 e. The number of halogens is 1. The molecule has 0 spiro atoms. The van der Waals surface area contributed by atoms with Gasteiger partial charge in [-0.05, 0) is 41.5 Å². The van der Waals surface area contributed by atoms with Crippen molar-refractivity contribution in [3.63, 3.8) is 0 Å². The SMILES string of the molecule is C=C(/C=C\C(=C)C(C)CCC(C)CC)c1ccc(O)cc1.CF. The Bertz CT molecular complexity index is 499. The molecule has 0 radical (unpaired) electrons. The van der Waals surface area contributed by atoms with Crippen molar-refractivity contribution in [2.45, 2.75) is 40.0 Å². The molecular formula is C21H31FO. The third-order valence-electron chi connectivity index (χ3n) is 4.16. The molecular weight excluding hydrogens is 287 g/mol. The largest absolute Gasteiger partial charge is 0.508 e. The van der Waals surface area contributed by atoms with E-state index in [9.17, 15) is 9.50 Å². The second kappa shape index (κ2) is 11.7. The zero-order valence-electron chi connectivity index (χ0n) is 15.0. The highest BCUT2D eigenvalue weighted by Crippen LogP contribution is 2.23. The molecule has 128 valence electrons. The predicted octanol–water partition coefficient (Wildman–Crippen LogP) is 6.57. The summed E-state index contributed by atoms with van der Waals surface area (Å²) in [6.45, 7) is 15.0. The number of aromatic hydroxyl groups is 1. The van der Waals surface area contributed by atoms with Crippen LogP contribution in [0.1, 0.15) is 45.6 Å². The molecule has 0 saturated carbocycles. The van der Waals surface area contributed by atoms with Crippen LogP contribution in [0.2, 0.25) is 0 Å². The Morgan fingerprint density at radius 3 is 2.17 bits per heavy atom. The lowest BCUT2D eigenvalue weighted by molar-refractivity contribution is 0.454. The van der Waals surface area contributed by atoms with Gasteiger partial charge in [0.25, 0.3) is 0 Å². The summed E-state index contributed by atoms with van der Waals surface area (Å²) in [5, 5.41) is 9.29. The van der Waals surface area contributed by atoms with Gasteiger partial charge in [-0.1, -0.05) is 76.6 Å². The van der Waals surface area contributed by atoms with Gasteiger partial charge in [-0.3, -0.25) is 4.39 Å². The average molecular weight is 318 g/mol. The van der Waals surface area contributed by atoms with E-state index in [0.717, 1.165) is 22.6 Å². The van der Waals surface area contributed by atoms with Crippen LogP contribution in [0, 0.1) is 11.8 Å². The van der Waals surface area contributed by atoms with E-state index in [1.165, 1.54) is 19.3 Å². The summed E-state index contributed by atoms with van der Waals surface area (Å²) in [5.41, 5.74) is 3.10. The van der Waals surface area contributed by atoms with Gasteiger partial charge in [0.05, 0.1) is 7.18 Å². The molecule has 0 saturated heterocycles. The Balaban J connectivity index is 0.00000232. The van der Waals surface area contributed by atoms with Crippen molar-refractivity contribution in [2.75, 3.05) is 7.18 Å². The molecule has 1 N–H and O–H groups in total. The molecule has 1 aromatic carbocycles. The van der Waals surface area contributed by atoms with Crippen LogP contribution in [0.4, 0.5) is 4.39 Å². The molecule has 0 heterocycles. The van der Waals surface area contributed by atoms with Gasteiger partial charge in [0.1, 0.15) is 5.75 Å². The van der Waals surface area contributed by atoms with Crippen LogP contribution in [0.3, 0.4) is 0 Å². The van der Waals surface area contributed by atoms with Gasteiger partial charge in [0.2, 0.25) is 0 Å². The Morgan fingerprint density at radius 2 is 1.65 bits per heavy atom. The molecule has 23 heavy (non-hydrogen) atoms. The molecule has 2 heteroatoms. The first kappa shape index (κ1) is 21.2. The van der Waals surface area contributed by atoms with Crippen molar-refractivity contribution in [1.29, 1.82) is 0 Å². The summed E-state index contributed by atoms with van der Waals surface area (Å²) in [6, 6.07) is 7.10. The summed E-state index contributed by atoms with van der Waals surface area (Å²) in [7, 11) is 0.500. The first-order chi connectivity index (χ1) is 10.9. The molecule has 1 rings (SSSR count). The molecule has 0 aliphatic heterocycles. The van der Waals surface area contributed by atoms with Gasteiger partial charge in [-0.15, -0.1) is 0 Å². The van der Waals surface area contributed by atoms with Crippen LogP contribution < -0.4 is 0 Å². The third-order valence-corrected chi connectivity index (χ3v) is 4.16. The van der Waals surface area contributed by atoms with Gasteiger partial charge < -0.3 is 5.11 Å². The fraction of sp³-hybridized carbons (Fsp3) is 0.429. The molecule has 2 atom stereocenters. The Kier molecular flexibility index (Phi) is 10.8. The summed E-state index contributed by atoms with van der Waals surface area (Å²) in [4.78, 5) is 0. The van der Waals surface area contributed by atoms with E-state index in [2.05, 4.69) is 40.0 Å². The number of rotatable bonds is 8. The Hall–Kier alpha value is -1.83. The molecule has 0 amide bonds. The highest BCUT2D eigenvalue weighted by atomic mass is 19.1. The molecule has 1 nitrogen and oxygen atoms in total. The molecule has 0 aromatic heterocycles. The maximum atomic E-state index is 9.50. The second-order valence-corrected chi connectivity index (χ2v) is 5.97. The third kappa shape index (κ3) is 8.39. The van der Waals surface area contributed by atoms with Crippen molar-refractivity contribution >= 4 is 5.57 Å². The number of alkyl halides is 1. The number of allylic oxidation sites excluding steroid dienone is 4. The lowest BCUT2D eigenvalue weighted by Gasteiger charge is -2.14. The van der Waals surface area contributed by atoms with Gasteiger partial charge in [0, 0.05) is 0 Å². The van der Waals surface area contributed by atoms with Crippen molar-refractivity contribution in [2.24, 2.45) is 11.8 Å². The monoisotopic (exact) mass is 318 g/mol. The molecule has 0 fully saturated rings. The number of hydrogen-bond acceptors (Lipinski definition) is 1. The zero-order chi connectivity index (χ0) is 17.8. The molecule has 0 aliphatic carbocycles. The van der Waals surface area contributed by atoms with E-state index in [0.29, 0.717) is 13.1 Å². The molecule has 2 unspecified atom stereocenters. The first-order valence-corrected chi connectivity index (χ1v) is 8.17. The topological polar surface area (TPSA) is 20.2 Å². The summed E-state index contributed by atoms with van der Waals surface area (Å²) in [6.07, 6.45) is 7.75. The standard InChI is InChI=1S/C20H28O.CH3F/c1-6-15(2)7-8-16(3)17(4)9-10-18(5)19-11-13-20(21)14-12-19;1-2/h9-16,21H,4-8H2,1-3H3;1H3/b10-9-;. The van der Waals surface area contributed by atoms with E-state index in [4.69, 9.17) is 0 Å². The minimum Gasteiger partial charge on any atom is -0.508 e. The van der Waals surface area contributed by atoms with Crippen molar-refractivity contribution in [3.8, 4) is 5.75 Å². The van der Waals surface area contributed by atoms with Gasteiger partial charge in [-0.25, -0.2) is 0 Å². The highest BCUT2D eigenvalue weighted by Gasteiger charge is 2.07. The zero-order valence-corrected chi connectivity index (χ0v) is 15.0. The lowest BCUT2D eigenvalue weighted by atomic mass is 9.91. The Labute approximate surface area is 141 Å². The van der Waals surface area contributed by atoms with Crippen LogP contribution in [0.15, 0.2) is 55.1 Å². The Morgan fingerprint density at radius 1 is 1.09 bits per heavy atom. The molecule has 0 aliphatic rings. The van der Waals surface area contributed by atoms with Crippen LogP contribution >= 0.6 is 0 Å². The molecule has 0 bridgehead atoms. The van der Waals surface area contributed by atoms with Crippen LogP contribution in [-0.2, 0) is 0 Å². The van der Waals surface area contributed by atoms with Gasteiger partial charge in [-0.2, -0.15) is 0 Å². The van der Waals surface area contributed by atoms with E-state index in [-0.39, 0.29) is 5.75 Å². The fourth-order valence-corrected chi connectivity index (χ4v) is 2.07. The van der Waals surface area contributed by atoms with Crippen molar-refractivity contribution in [1.82, 2.24) is 0 Å². The van der Waals surface area contributed by atoms with Gasteiger partial charge >= 0.3 is 0 Å². The average Bonchev–Trinajstić information content (AvgIpc) is 2.59. The van der Waals surface area contributed by atoms with Crippen molar-refractivity contribution in [3.05, 3.63) is 60.7 Å². The number of phenolic OH excluding ortho intramolecular Hbond substituents is 1. The summed E-state index contributed by atoms with van der Waals surface area (Å²) < 4.78 is 9.50. The van der Waals surface area contributed by atoms with Gasteiger partial charge in [0.15, 0.2) is 0 Å². The van der Waals surface area contributed by atoms with E-state index in [1.807, 2.05) is 18.2 Å². The maximum absolute atomic E-state index is 9.50. The quantitative estimate of drug-likeness (QED) is 0.538. The highest BCUT2D eigenvalue weighted by molar-refractivity contribution is 5.72. The summed E-state index contributed by atoms with van der Waals surface area (Å²) in [5.74, 6) is 1.57. The maximum Gasteiger partial charge on any atom is 0.115 e. The fourth-order valence-electron chi connectivity index (χ4n) is 2.07. The lowest BCUT2D eigenvalue weighted by Crippen LogP contribution is -2.00. The van der Waals surface area contributed by atoms with Crippen LogP contribution in [0.25, 0.3) is 5.57 Å². The van der Waals surface area contributed by atoms with E-state index >= 15 is 0 Å². The summed E-state index contributed by atoms with van der Waals surface area (Å²) >= 11 is 0. The molecule has 1 aromatic rings. The number of benzene rings is 1. The minimum atomic E-state index is 0.276. The van der Waals surface area contributed by atoms with E-state index in [1.54, 1.807) is 12.1 Å². The number of hydrogen-bond donors (Lipinski definition) is 1. The van der Waals surface area contributed by atoms with Crippen molar-refractivity contribution < 1.29 is 9.50 Å².